The summed E-state index contributed by atoms with van der Waals surface area (Å²) in [6, 6.07) is 6.24. The van der Waals surface area contributed by atoms with E-state index in [9.17, 15) is 0 Å². The Balaban J connectivity index is 2.06. The van der Waals surface area contributed by atoms with Gasteiger partial charge in [-0.05, 0) is 36.5 Å². The standard InChI is InChI=1S/C14H20BrNO/c1-2-11-5-7-16(8-6-11)13-4-3-12(10-17)14(15)9-13/h3-4,9,11,17H,2,5-8,10H2,1H3. The first-order valence-corrected chi connectivity index (χ1v) is 7.18. The molecule has 1 heterocycles. The Bertz CT molecular complexity index is 372. The number of aliphatic hydroxyl groups excluding tert-OH is 1. The second kappa shape index (κ2) is 5.87. The molecule has 1 aliphatic rings. The van der Waals surface area contributed by atoms with Gasteiger partial charge in [-0.3, -0.25) is 0 Å². The minimum Gasteiger partial charge on any atom is -0.392 e. The molecule has 1 aliphatic heterocycles. The second-order valence-electron chi connectivity index (χ2n) is 4.77. The first kappa shape index (κ1) is 12.9. The van der Waals surface area contributed by atoms with Crippen molar-refractivity contribution in [2.45, 2.75) is 32.8 Å². The summed E-state index contributed by atoms with van der Waals surface area (Å²) in [7, 11) is 0. The lowest BCUT2D eigenvalue weighted by atomic mass is 9.94. The number of hydrogen-bond acceptors (Lipinski definition) is 2. The zero-order valence-electron chi connectivity index (χ0n) is 10.3. The predicted molar refractivity (Wildman–Crippen MR) is 75.3 cm³/mol. The number of rotatable bonds is 3. The van der Waals surface area contributed by atoms with Gasteiger partial charge in [0, 0.05) is 23.2 Å². The van der Waals surface area contributed by atoms with Crippen molar-refractivity contribution in [1.82, 2.24) is 0 Å². The fraction of sp³-hybridized carbons (Fsp3) is 0.571. The van der Waals surface area contributed by atoms with E-state index in [-0.39, 0.29) is 6.61 Å². The van der Waals surface area contributed by atoms with E-state index in [2.05, 4.69) is 39.9 Å². The lowest BCUT2D eigenvalue weighted by molar-refractivity contribution is 0.281. The van der Waals surface area contributed by atoms with Crippen molar-refractivity contribution in [1.29, 1.82) is 0 Å². The minimum absolute atomic E-state index is 0.0960. The molecule has 0 aromatic heterocycles. The van der Waals surface area contributed by atoms with Crippen molar-refractivity contribution in [3.05, 3.63) is 28.2 Å². The number of benzene rings is 1. The molecule has 0 spiro atoms. The molecule has 0 atom stereocenters. The molecule has 2 rings (SSSR count). The number of nitrogens with zero attached hydrogens (tertiary/aromatic N) is 1. The molecule has 0 aliphatic carbocycles. The summed E-state index contributed by atoms with van der Waals surface area (Å²) in [4.78, 5) is 2.44. The highest BCUT2D eigenvalue weighted by molar-refractivity contribution is 9.10. The summed E-state index contributed by atoms with van der Waals surface area (Å²) in [5.41, 5.74) is 2.22. The highest BCUT2D eigenvalue weighted by atomic mass is 79.9. The molecule has 0 unspecified atom stereocenters. The van der Waals surface area contributed by atoms with E-state index >= 15 is 0 Å². The fourth-order valence-corrected chi connectivity index (χ4v) is 2.95. The third kappa shape index (κ3) is 3.02. The van der Waals surface area contributed by atoms with Crippen LogP contribution in [-0.2, 0) is 6.61 Å². The fourth-order valence-electron chi connectivity index (χ4n) is 2.46. The van der Waals surface area contributed by atoms with Crippen LogP contribution in [0.4, 0.5) is 5.69 Å². The summed E-state index contributed by atoms with van der Waals surface area (Å²) in [5, 5.41) is 9.14. The van der Waals surface area contributed by atoms with Crippen LogP contribution in [0, 0.1) is 5.92 Å². The highest BCUT2D eigenvalue weighted by Gasteiger charge is 2.18. The van der Waals surface area contributed by atoms with Crippen LogP contribution in [0.2, 0.25) is 0 Å². The van der Waals surface area contributed by atoms with Gasteiger partial charge in [0.25, 0.3) is 0 Å². The Hall–Kier alpha value is -0.540. The molecular formula is C14H20BrNO. The maximum absolute atomic E-state index is 9.14. The molecule has 1 fully saturated rings. The lowest BCUT2D eigenvalue weighted by Crippen LogP contribution is -2.33. The average molecular weight is 298 g/mol. The molecule has 0 bridgehead atoms. The van der Waals surface area contributed by atoms with Gasteiger partial charge in [0.2, 0.25) is 0 Å². The minimum atomic E-state index is 0.0960. The van der Waals surface area contributed by atoms with Crippen molar-refractivity contribution in [3.8, 4) is 0 Å². The van der Waals surface area contributed by atoms with Gasteiger partial charge < -0.3 is 10.0 Å². The average Bonchev–Trinajstić information content (AvgIpc) is 2.39. The predicted octanol–water partition coefficient (Wildman–Crippen LogP) is 3.57. The summed E-state index contributed by atoms with van der Waals surface area (Å²) < 4.78 is 1.01. The van der Waals surface area contributed by atoms with Crippen LogP contribution in [-0.4, -0.2) is 18.2 Å². The summed E-state index contributed by atoms with van der Waals surface area (Å²) in [5.74, 6) is 0.909. The highest BCUT2D eigenvalue weighted by Crippen LogP contribution is 2.28. The Morgan fingerprint density at radius 1 is 1.35 bits per heavy atom. The smallest absolute Gasteiger partial charge is 0.0692 e. The number of aliphatic hydroxyl groups is 1. The largest absolute Gasteiger partial charge is 0.392 e. The van der Waals surface area contributed by atoms with E-state index in [4.69, 9.17) is 5.11 Å². The molecule has 1 N–H and O–H groups in total. The van der Waals surface area contributed by atoms with Crippen LogP contribution in [0.1, 0.15) is 31.7 Å². The van der Waals surface area contributed by atoms with E-state index in [0.29, 0.717) is 0 Å². The monoisotopic (exact) mass is 297 g/mol. The van der Waals surface area contributed by atoms with Crippen molar-refractivity contribution < 1.29 is 5.11 Å². The molecule has 0 amide bonds. The molecule has 94 valence electrons. The van der Waals surface area contributed by atoms with Crippen LogP contribution in [0.15, 0.2) is 22.7 Å². The Morgan fingerprint density at radius 3 is 2.59 bits per heavy atom. The van der Waals surface area contributed by atoms with Crippen molar-refractivity contribution in [2.24, 2.45) is 5.92 Å². The molecule has 1 aromatic rings. The van der Waals surface area contributed by atoms with Crippen molar-refractivity contribution in [3.63, 3.8) is 0 Å². The Labute approximate surface area is 112 Å². The summed E-state index contributed by atoms with van der Waals surface area (Å²) >= 11 is 3.51. The lowest BCUT2D eigenvalue weighted by Gasteiger charge is -2.33. The molecule has 2 nitrogen and oxygen atoms in total. The Kier molecular flexibility index (Phi) is 4.46. The van der Waals surface area contributed by atoms with Gasteiger partial charge in [-0.15, -0.1) is 0 Å². The van der Waals surface area contributed by atoms with Crippen LogP contribution in [0.3, 0.4) is 0 Å². The van der Waals surface area contributed by atoms with Crippen LogP contribution >= 0.6 is 15.9 Å². The van der Waals surface area contributed by atoms with Crippen molar-refractivity contribution >= 4 is 21.6 Å². The number of halogens is 1. The molecule has 0 saturated carbocycles. The van der Waals surface area contributed by atoms with Crippen molar-refractivity contribution in [2.75, 3.05) is 18.0 Å². The normalized spacial score (nSPS) is 17.5. The first-order chi connectivity index (χ1) is 8.24. The molecular weight excluding hydrogens is 278 g/mol. The van der Waals surface area contributed by atoms with Gasteiger partial charge in [0.15, 0.2) is 0 Å². The van der Waals surface area contributed by atoms with Crippen LogP contribution < -0.4 is 4.90 Å². The zero-order chi connectivity index (χ0) is 12.3. The number of hydrogen-bond donors (Lipinski definition) is 1. The van der Waals surface area contributed by atoms with Crippen LogP contribution in [0.5, 0.6) is 0 Å². The van der Waals surface area contributed by atoms with Gasteiger partial charge in [-0.25, -0.2) is 0 Å². The van der Waals surface area contributed by atoms with E-state index in [1.54, 1.807) is 0 Å². The topological polar surface area (TPSA) is 23.5 Å². The van der Waals surface area contributed by atoms with E-state index in [1.165, 1.54) is 24.9 Å². The number of piperidine rings is 1. The quantitative estimate of drug-likeness (QED) is 0.922. The summed E-state index contributed by atoms with van der Waals surface area (Å²) in [6.07, 6.45) is 3.91. The molecule has 3 heteroatoms. The summed E-state index contributed by atoms with van der Waals surface area (Å²) in [6.45, 7) is 4.69. The third-order valence-corrected chi connectivity index (χ3v) is 4.50. The molecule has 0 radical (unpaired) electrons. The molecule has 1 saturated heterocycles. The van der Waals surface area contributed by atoms with Gasteiger partial charge in [0.05, 0.1) is 6.61 Å². The van der Waals surface area contributed by atoms with E-state index in [0.717, 1.165) is 29.0 Å². The van der Waals surface area contributed by atoms with Gasteiger partial charge in [-0.1, -0.05) is 35.3 Å². The molecule has 17 heavy (non-hydrogen) atoms. The van der Waals surface area contributed by atoms with Gasteiger partial charge in [-0.2, -0.15) is 0 Å². The van der Waals surface area contributed by atoms with E-state index in [1.807, 2.05) is 6.07 Å². The third-order valence-electron chi connectivity index (χ3n) is 3.76. The number of anilines is 1. The van der Waals surface area contributed by atoms with Gasteiger partial charge in [0.1, 0.15) is 0 Å². The molecule has 1 aromatic carbocycles. The maximum atomic E-state index is 9.14. The maximum Gasteiger partial charge on any atom is 0.0692 e. The van der Waals surface area contributed by atoms with Crippen LogP contribution in [0.25, 0.3) is 0 Å². The second-order valence-corrected chi connectivity index (χ2v) is 5.63. The SMILES string of the molecule is CCC1CCN(c2ccc(CO)c(Br)c2)CC1. The van der Waals surface area contributed by atoms with E-state index < -0.39 is 0 Å². The first-order valence-electron chi connectivity index (χ1n) is 6.38. The Morgan fingerprint density at radius 2 is 2.06 bits per heavy atom. The zero-order valence-corrected chi connectivity index (χ0v) is 11.9. The van der Waals surface area contributed by atoms with Gasteiger partial charge >= 0.3 is 0 Å².